The van der Waals surface area contributed by atoms with Crippen molar-refractivity contribution < 1.29 is 0 Å². The van der Waals surface area contributed by atoms with Crippen LogP contribution in [0, 0.1) is 0 Å². The number of H-pyrrole nitrogens is 1. The number of anilines is 2. The highest BCUT2D eigenvalue weighted by molar-refractivity contribution is 5.80. The first-order chi connectivity index (χ1) is 15.7. The monoisotopic (exact) mass is 423 g/mol. The largest absolute Gasteiger partial charge is 0.367 e. The van der Waals surface area contributed by atoms with Gasteiger partial charge in [0.15, 0.2) is 0 Å². The summed E-state index contributed by atoms with van der Waals surface area (Å²) in [4.78, 5) is 21.4. The van der Waals surface area contributed by atoms with Gasteiger partial charge in [-0.05, 0) is 30.2 Å². The van der Waals surface area contributed by atoms with Crippen molar-refractivity contribution in [3.8, 4) is 11.3 Å². The van der Waals surface area contributed by atoms with Crippen molar-refractivity contribution in [1.82, 2.24) is 9.97 Å². The number of rotatable bonds is 8. The van der Waals surface area contributed by atoms with Gasteiger partial charge < -0.3 is 4.90 Å². The fourth-order valence-electron chi connectivity index (χ4n) is 3.40. The average Bonchev–Trinajstić information content (AvgIpc) is 2.84. The van der Waals surface area contributed by atoms with Crippen LogP contribution in [0.5, 0.6) is 0 Å². The highest BCUT2D eigenvalue weighted by atomic mass is 16.1. The molecule has 4 aromatic rings. The Morgan fingerprint density at radius 2 is 1.66 bits per heavy atom. The van der Waals surface area contributed by atoms with Gasteiger partial charge in [-0.2, -0.15) is 5.10 Å². The first-order valence-electron chi connectivity index (χ1n) is 10.6. The lowest BCUT2D eigenvalue weighted by Crippen LogP contribution is -2.21. The molecule has 3 aromatic carbocycles. The number of benzene rings is 3. The molecule has 0 aliphatic carbocycles. The van der Waals surface area contributed by atoms with Gasteiger partial charge in [-0.1, -0.05) is 72.8 Å². The van der Waals surface area contributed by atoms with E-state index in [2.05, 4.69) is 68.7 Å². The molecule has 0 spiro atoms. The van der Waals surface area contributed by atoms with E-state index in [1.165, 1.54) is 11.6 Å². The summed E-state index contributed by atoms with van der Waals surface area (Å²) < 4.78 is 0. The quantitative estimate of drug-likeness (QED) is 0.312. The molecule has 6 nitrogen and oxygen atoms in total. The minimum Gasteiger partial charge on any atom is -0.367 e. The van der Waals surface area contributed by atoms with Gasteiger partial charge in [-0.3, -0.25) is 9.78 Å². The van der Waals surface area contributed by atoms with Crippen LogP contribution in [0.25, 0.3) is 11.3 Å². The summed E-state index contributed by atoms with van der Waals surface area (Å²) in [5.74, 6) is 0.296. The molecular formula is C26H25N5O. The topological polar surface area (TPSA) is 73.4 Å². The van der Waals surface area contributed by atoms with Crippen molar-refractivity contribution >= 4 is 17.9 Å². The van der Waals surface area contributed by atoms with E-state index in [4.69, 9.17) is 0 Å². The van der Waals surface area contributed by atoms with Gasteiger partial charge in [-0.25, -0.2) is 10.4 Å². The van der Waals surface area contributed by atoms with Crippen LogP contribution in [-0.2, 0) is 6.54 Å². The molecule has 0 saturated heterocycles. The Hall–Kier alpha value is -4.19. The second kappa shape index (κ2) is 10.2. The number of hydrazone groups is 1. The van der Waals surface area contributed by atoms with Crippen molar-refractivity contribution in [1.29, 1.82) is 0 Å². The number of hydrogen-bond acceptors (Lipinski definition) is 5. The number of aromatic nitrogens is 2. The lowest BCUT2D eigenvalue weighted by atomic mass is 10.1. The van der Waals surface area contributed by atoms with Gasteiger partial charge in [0.25, 0.3) is 5.56 Å². The number of nitrogens with one attached hydrogen (secondary N) is 2. The van der Waals surface area contributed by atoms with E-state index in [0.29, 0.717) is 11.6 Å². The van der Waals surface area contributed by atoms with Crippen molar-refractivity contribution in [2.45, 2.75) is 13.5 Å². The lowest BCUT2D eigenvalue weighted by molar-refractivity contribution is 0.832. The Morgan fingerprint density at radius 1 is 0.969 bits per heavy atom. The van der Waals surface area contributed by atoms with Gasteiger partial charge in [0.1, 0.15) is 0 Å². The third-order valence-electron chi connectivity index (χ3n) is 5.05. The fourth-order valence-corrected chi connectivity index (χ4v) is 3.40. The molecule has 0 bridgehead atoms. The van der Waals surface area contributed by atoms with Crippen LogP contribution in [0.4, 0.5) is 11.6 Å². The SMILES string of the molecule is CCN(Cc1ccccc1)c1ccc(/C=N\Nc2nc(-c3ccccc3)cc(=O)[nH]2)cc1. The first kappa shape index (κ1) is 21.1. The molecule has 0 unspecified atom stereocenters. The minimum absolute atomic E-state index is 0.237. The van der Waals surface area contributed by atoms with E-state index in [1.54, 1.807) is 6.21 Å². The standard InChI is InChI=1S/C26H25N5O/c1-2-31(19-21-9-5-3-6-10-21)23-15-13-20(14-16-23)18-27-30-26-28-24(17-25(32)29-26)22-11-7-4-8-12-22/h3-18H,2,19H2,1H3,(H2,28,29,30,32)/b27-18-. The molecule has 2 N–H and O–H groups in total. The van der Waals surface area contributed by atoms with Crippen LogP contribution in [-0.4, -0.2) is 22.7 Å². The minimum atomic E-state index is -0.237. The Labute approximate surface area is 187 Å². The predicted octanol–water partition coefficient (Wildman–Crippen LogP) is 4.91. The summed E-state index contributed by atoms with van der Waals surface area (Å²) in [6.07, 6.45) is 1.70. The number of nitrogens with zero attached hydrogens (tertiary/aromatic N) is 3. The van der Waals surface area contributed by atoms with Crippen LogP contribution < -0.4 is 15.9 Å². The zero-order valence-electron chi connectivity index (χ0n) is 17.9. The molecule has 0 radical (unpaired) electrons. The number of hydrogen-bond donors (Lipinski definition) is 2. The second-order valence-corrected chi connectivity index (χ2v) is 7.31. The summed E-state index contributed by atoms with van der Waals surface area (Å²) >= 11 is 0. The van der Waals surface area contributed by atoms with Gasteiger partial charge in [0, 0.05) is 30.4 Å². The van der Waals surface area contributed by atoms with Crippen molar-refractivity contribution in [2.75, 3.05) is 16.9 Å². The van der Waals surface area contributed by atoms with Crippen molar-refractivity contribution in [2.24, 2.45) is 5.10 Å². The summed E-state index contributed by atoms with van der Waals surface area (Å²) in [6.45, 7) is 3.93. The van der Waals surface area contributed by atoms with E-state index in [1.807, 2.05) is 48.5 Å². The van der Waals surface area contributed by atoms with E-state index in [-0.39, 0.29) is 5.56 Å². The van der Waals surface area contributed by atoms with Crippen molar-refractivity contribution in [3.05, 3.63) is 112 Å². The Bertz CT molecular complexity index is 1220. The summed E-state index contributed by atoms with van der Waals surface area (Å²) in [5, 5.41) is 4.23. The van der Waals surface area contributed by atoms with Crippen LogP contribution in [0.2, 0.25) is 0 Å². The van der Waals surface area contributed by atoms with Gasteiger partial charge in [0.05, 0.1) is 11.9 Å². The molecule has 6 heteroatoms. The molecule has 0 aliphatic rings. The van der Waals surface area contributed by atoms with Gasteiger partial charge in [0.2, 0.25) is 5.95 Å². The van der Waals surface area contributed by atoms with Gasteiger partial charge in [-0.15, -0.1) is 0 Å². The summed E-state index contributed by atoms with van der Waals surface area (Å²) in [5.41, 5.74) is 7.42. The van der Waals surface area contributed by atoms with Crippen LogP contribution in [0.1, 0.15) is 18.1 Å². The van der Waals surface area contributed by atoms with Crippen LogP contribution in [0.15, 0.2) is 101 Å². The fraction of sp³-hybridized carbons (Fsp3) is 0.115. The molecule has 0 atom stereocenters. The highest BCUT2D eigenvalue weighted by Gasteiger charge is 2.05. The maximum absolute atomic E-state index is 12.0. The van der Waals surface area contributed by atoms with E-state index < -0.39 is 0 Å². The third kappa shape index (κ3) is 5.49. The zero-order chi connectivity index (χ0) is 22.2. The molecule has 32 heavy (non-hydrogen) atoms. The van der Waals surface area contributed by atoms with E-state index in [0.717, 1.165) is 29.9 Å². The molecule has 160 valence electrons. The Kier molecular flexibility index (Phi) is 6.72. The molecule has 0 aliphatic heterocycles. The van der Waals surface area contributed by atoms with Gasteiger partial charge >= 0.3 is 0 Å². The maximum Gasteiger partial charge on any atom is 0.252 e. The molecule has 0 saturated carbocycles. The second-order valence-electron chi connectivity index (χ2n) is 7.31. The first-order valence-corrected chi connectivity index (χ1v) is 10.6. The van der Waals surface area contributed by atoms with E-state index >= 15 is 0 Å². The normalized spacial score (nSPS) is 10.9. The predicted molar refractivity (Wildman–Crippen MR) is 131 cm³/mol. The van der Waals surface area contributed by atoms with Crippen LogP contribution >= 0.6 is 0 Å². The maximum atomic E-state index is 12.0. The average molecular weight is 424 g/mol. The molecule has 0 amide bonds. The third-order valence-corrected chi connectivity index (χ3v) is 5.05. The van der Waals surface area contributed by atoms with Crippen LogP contribution in [0.3, 0.4) is 0 Å². The summed E-state index contributed by atoms with van der Waals surface area (Å²) in [7, 11) is 0. The molecule has 4 rings (SSSR count). The molecule has 1 heterocycles. The molecular weight excluding hydrogens is 398 g/mol. The molecule has 0 fully saturated rings. The highest BCUT2D eigenvalue weighted by Crippen LogP contribution is 2.18. The zero-order valence-corrected chi connectivity index (χ0v) is 17.9. The lowest BCUT2D eigenvalue weighted by Gasteiger charge is -2.23. The Morgan fingerprint density at radius 3 is 2.34 bits per heavy atom. The summed E-state index contributed by atoms with van der Waals surface area (Å²) in [6, 6.07) is 29.7. The van der Waals surface area contributed by atoms with Crippen molar-refractivity contribution in [3.63, 3.8) is 0 Å². The number of aromatic amines is 1. The Balaban J connectivity index is 1.42. The molecule has 1 aromatic heterocycles. The van der Waals surface area contributed by atoms with E-state index in [9.17, 15) is 4.79 Å². The smallest absolute Gasteiger partial charge is 0.252 e.